The van der Waals surface area contributed by atoms with Crippen LogP contribution in [0.3, 0.4) is 0 Å². The molecule has 0 spiro atoms. The third-order valence-corrected chi connectivity index (χ3v) is 2.15. The number of nitrogens with zero attached hydrogens (tertiary/aromatic N) is 1. The molecule has 5 nitrogen and oxygen atoms in total. The van der Waals surface area contributed by atoms with E-state index in [0.717, 1.165) is 19.6 Å². The molecule has 0 aromatic rings. The molecule has 0 aromatic carbocycles. The molecule has 98 valence electrons. The summed E-state index contributed by atoms with van der Waals surface area (Å²) in [4.78, 5) is 2.07. The number of aliphatic hydroxyl groups is 1. The van der Waals surface area contributed by atoms with E-state index in [-0.39, 0.29) is 0 Å². The maximum Gasteiger partial charge on any atom is 0.0900 e. The van der Waals surface area contributed by atoms with Crippen LogP contribution in [0.1, 0.15) is 6.42 Å². The molecular formula is C11H25NO4. The molecule has 0 aliphatic carbocycles. The number of ether oxygens (including phenoxy) is 3. The fraction of sp³-hybridized carbons (Fsp3) is 1.00. The van der Waals surface area contributed by atoms with Crippen molar-refractivity contribution < 1.29 is 19.3 Å². The first-order valence-electron chi connectivity index (χ1n) is 5.63. The van der Waals surface area contributed by atoms with Gasteiger partial charge in [-0.1, -0.05) is 0 Å². The molecule has 0 saturated carbocycles. The summed E-state index contributed by atoms with van der Waals surface area (Å²) in [7, 11) is 5.30. The maximum atomic E-state index is 9.64. The summed E-state index contributed by atoms with van der Waals surface area (Å²) < 4.78 is 15.0. The van der Waals surface area contributed by atoms with E-state index in [4.69, 9.17) is 14.2 Å². The highest BCUT2D eigenvalue weighted by Gasteiger charge is 2.07. The van der Waals surface area contributed by atoms with Gasteiger partial charge in [0.25, 0.3) is 0 Å². The minimum absolute atomic E-state index is 0.359. The summed E-state index contributed by atoms with van der Waals surface area (Å²) in [6, 6.07) is 0. The first kappa shape index (κ1) is 15.8. The van der Waals surface area contributed by atoms with Crippen molar-refractivity contribution in [1.29, 1.82) is 0 Å². The SMILES string of the molecule is COCCCN(C)CC(O)COCCOC. The first-order valence-corrected chi connectivity index (χ1v) is 5.63. The monoisotopic (exact) mass is 235 g/mol. The second-order valence-electron chi connectivity index (χ2n) is 3.83. The molecule has 1 atom stereocenters. The van der Waals surface area contributed by atoms with E-state index in [9.17, 15) is 5.11 Å². The Kier molecular flexibility index (Phi) is 11.1. The molecule has 5 heteroatoms. The van der Waals surface area contributed by atoms with Gasteiger partial charge in [0.15, 0.2) is 0 Å². The van der Waals surface area contributed by atoms with E-state index in [1.807, 2.05) is 7.05 Å². The zero-order valence-electron chi connectivity index (χ0n) is 10.6. The molecule has 0 fully saturated rings. The third kappa shape index (κ3) is 10.3. The van der Waals surface area contributed by atoms with Crippen molar-refractivity contribution in [3.8, 4) is 0 Å². The third-order valence-electron chi connectivity index (χ3n) is 2.15. The summed E-state index contributed by atoms with van der Waals surface area (Å²) in [5, 5.41) is 9.64. The van der Waals surface area contributed by atoms with E-state index in [0.29, 0.717) is 26.4 Å². The lowest BCUT2D eigenvalue weighted by molar-refractivity contribution is 0.00178. The van der Waals surface area contributed by atoms with E-state index < -0.39 is 6.10 Å². The number of aliphatic hydroxyl groups excluding tert-OH is 1. The highest BCUT2D eigenvalue weighted by molar-refractivity contribution is 4.60. The van der Waals surface area contributed by atoms with Crippen molar-refractivity contribution in [2.24, 2.45) is 0 Å². The smallest absolute Gasteiger partial charge is 0.0900 e. The number of likely N-dealkylation sites (N-methyl/N-ethyl adjacent to an activating group) is 1. The predicted octanol–water partition coefficient (Wildman–Crippen LogP) is -0.0214. The first-order chi connectivity index (χ1) is 7.70. The van der Waals surface area contributed by atoms with Crippen LogP contribution >= 0.6 is 0 Å². The van der Waals surface area contributed by atoms with Crippen molar-refractivity contribution in [1.82, 2.24) is 4.90 Å². The van der Waals surface area contributed by atoms with Gasteiger partial charge < -0.3 is 24.2 Å². The van der Waals surface area contributed by atoms with Gasteiger partial charge in [-0.25, -0.2) is 0 Å². The Bertz CT molecular complexity index is 146. The largest absolute Gasteiger partial charge is 0.389 e. The Hall–Kier alpha value is -0.200. The molecule has 0 saturated heterocycles. The van der Waals surface area contributed by atoms with Crippen molar-refractivity contribution in [3.63, 3.8) is 0 Å². The molecule has 0 aliphatic rings. The summed E-state index contributed by atoms with van der Waals surface area (Å²) in [6.45, 7) is 3.75. The quantitative estimate of drug-likeness (QED) is 0.510. The lowest BCUT2D eigenvalue weighted by atomic mass is 10.3. The Labute approximate surface area is 98.3 Å². The summed E-state index contributed by atoms with van der Waals surface area (Å²) in [5.41, 5.74) is 0. The molecule has 1 unspecified atom stereocenters. The average molecular weight is 235 g/mol. The van der Waals surface area contributed by atoms with Crippen molar-refractivity contribution in [2.45, 2.75) is 12.5 Å². The van der Waals surface area contributed by atoms with Crippen LogP contribution in [0.4, 0.5) is 0 Å². The Balaban J connectivity index is 3.35. The molecule has 0 heterocycles. The molecule has 0 bridgehead atoms. The Morgan fingerprint density at radius 2 is 1.81 bits per heavy atom. The highest BCUT2D eigenvalue weighted by Crippen LogP contribution is 1.93. The van der Waals surface area contributed by atoms with Crippen molar-refractivity contribution >= 4 is 0 Å². The number of hydrogen-bond donors (Lipinski definition) is 1. The van der Waals surface area contributed by atoms with Gasteiger partial charge >= 0.3 is 0 Å². The van der Waals surface area contributed by atoms with Gasteiger partial charge in [0.05, 0.1) is 25.9 Å². The maximum absolute atomic E-state index is 9.64. The number of hydrogen-bond acceptors (Lipinski definition) is 5. The van der Waals surface area contributed by atoms with E-state index in [1.54, 1.807) is 14.2 Å². The van der Waals surface area contributed by atoms with Crippen LogP contribution in [0.2, 0.25) is 0 Å². The van der Waals surface area contributed by atoms with Crippen LogP contribution < -0.4 is 0 Å². The molecule has 0 aromatic heterocycles. The summed E-state index contributed by atoms with van der Waals surface area (Å²) >= 11 is 0. The lowest BCUT2D eigenvalue weighted by Crippen LogP contribution is -2.33. The van der Waals surface area contributed by atoms with Gasteiger partial charge in [-0.2, -0.15) is 0 Å². The molecule has 0 amide bonds. The Morgan fingerprint density at radius 1 is 1.12 bits per heavy atom. The molecule has 1 N–H and O–H groups in total. The highest BCUT2D eigenvalue weighted by atomic mass is 16.5. The van der Waals surface area contributed by atoms with Crippen LogP contribution in [0.5, 0.6) is 0 Å². The summed E-state index contributed by atoms with van der Waals surface area (Å²) in [6.07, 6.45) is 0.536. The minimum atomic E-state index is -0.440. The summed E-state index contributed by atoms with van der Waals surface area (Å²) in [5.74, 6) is 0. The van der Waals surface area contributed by atoms with Crippen LogP contribution in [0.15, 0.2) is 0 Å². The van der Waals surface area contributed by atoms with Crippen LogP contribution in [0, 0.1) is 0 Å². The van der Waals surface area contributed by atoms with Gasteiger partial charge in [-0.15, -0.1) is 0 Å². The fourth-order valence-corrected chi connectivity index (χ4v) is 1.34. The van der Waals surface area contributed by atoms with Gasteiger partial charge in [-0.3, -0.25) is 0 Å². The second kappa shape index (κ2) is 11.3. The Morgan fingerprint density at radius 3 is 2.44 bits per heavy atom. The van der Waals surface area contributed by atoms with E-state index >= 15 is 0 Å². The lowest BCUT2D eigenvalue weighted by Gasteiger charge is -2.20. The molecule has 0 aliphatic heterocycles. The van der Waals surface area contributed by atoms with Gasteiger partial charge in [0.1, 0.15) is 0 Å². The fourth-order valence-electron chi connectivity index (χ4n) is 1.34. The van der Waals surface area contributed by atoms with Crippen LogP contribution in [-0.2, 0) is 14.2 Å². The van der Waals surface area contributed by atoms with Gasteiger partial charge in [-0.05, 0) is 13.5 Å². The minimum Gasteiger partial charge on any atom is -0.389 e. The van der Waals surface area contributed by atoms with E-state index in [2.05, 4.69) is 4.90 Å². The zero-order chi connectivity index (χ0) is 12.2. The topological polar surface area (TPSA) is 51.2 Å². The predicted molar refractivity (Wildman–Crippen MR) is 62.7 cm³/mol. The second-order valence-corrected chi connectivity index (χ2v) is 3.83. The number of methoxy groups -OCH3 is 2. The number of rotatable bonds is 11. The van der Waals surface area contributed by atoms with Crippen molar-refractivity contribution in [2.75, 3.05) is 60.8 Å². The van der Waals surface area contributed by atoms with Crippen LogP contribution in [0.25, 0.3) is 0 Å². The zero-order valence-corrected chi connectivity index (χ0v) is 10.6. The molecular weight excluding hydrogens is 210 g/mol. The van der Waals surface area contributed by atoms with Crippen LogP contribution in [-0.4, -0.2) is 76.9 Å². The normalized spacial score (nSPS) is 13.3. The average Bonchev–Trinajstić information content (AvgIpc) is 2.25. The van der Waals surface area contributed by atoms with Gasteiger partial charge in [0.2, 0.25) is 0 Å². The van der Waals surface area contributed by atoms with Crippen molar-refractivity contribution in [3.05, 3.63) is 0 Å². The molecule has 16 heavy (non-hydrogen) atoms. The molecule has 0 rings (SSSR count). The van der Waals surface area contributed by atoms with E-state index in [1.165, 1.54) is 0 Å². The van der Waals surface area contributed by atoms with Gasteiger partial charge in [0, 0.05) is 33.9 Å². The standard InChI is InChI=1S/C11H25NO4/c1-12(5-4-6-14-2)9-11(13)10-16-8-7-15-3/h11,13H,4-10H2,1-3H3. The molecule has 0 radical (unpaired) electrons.